The molecule has 0 aliphatic heterocycles. The quantitative estimate of drug-likeness (QED) is 0.606. The maximum Gasteiger partial charge on any atom is 0.268 e. The summed E-state index contributed by atoms with van der Waals surface area (Å²) in [6.45, 7) is 0. The van der Waals surface area contributed by atoms with E-state index in [1.807, 2.05) is 6.26 Å². The SMILES string of the molecule is CSCC[C@H](NC(=O)/C(=C/c1ccc(F)cc1)NC(=O)c1ccccc1)C(=O)[O-]. The molecule has 0 spiro atoms. The normalized spacial score (nSPS) is 12.1. The maximum atomic E-state index is 13.1. The number of benzene rings is 2. The van der Waals surface area contributed by atoms with Crippen molar-refractivity contribution in [2.24, 2.45) is 0 Å². The Morgan fingerprint density at radius 1 is 1.10 bits per heavy atom. The molecule has 6 nitrogen and oxygen atoms in total. The Labute approximate surface area is 172 Å². The number of nitrogens with one attached hydrogen (secondary N) is 2. The van der Waals surface area contributed by atoms with Gasteiger partial charge in [-0.2, -0.15) is 11.8 Å². The lowest BCUT2D eigenvalue weighted by molar-refractivity contribution is -0.308. The van der Waals surface area contributed by atoms with Crippen LogP contribution in [-0.2, 0) is 9.59 Å². The molecular formula is C21H20FN2O4S-. The largest absolute Gasteiger partial charge is 0.548 e. The average molecular weight is 415 g/mol. The van der Waals surface area contributed by atoms with E-state index in [1.54, 1.807) is 30.3 Å². The van der Waals surface area contributed by atoms with Crippen molar-refractivity contribution in [1.29, 1.82) is 0 Å². The minimum Gasteiger partial charge on any atom is -0.548 e. The highest BCUT2D eigenvalue weighted by Gasteiger charge is 2.19. The highest BCUT2D eigenvalue weighted by Crippen LogP contribution is 2.10. The highest BCUT2D eigenvalue weighted by atomic mass is 32.2. The molecule has 0 heterocycles. The molecule has 8 heteroatoms. The molecular weight excluding hydrogens is 395 g/mol. The number of thioether (sulfide) groups is 1. The first-order valence-electron chi connectivity index (χ1n) is 8.75. The first-order chi connectivity index (χ1) is 13.9. The predicted octanol–water partition coefficient (Wildman–Crippen LogP) is 1.58. The Bertz CT molecular complexity index is 885. The first-order valence-corrected chi connectivity index (χ1v) is 10.1. The Kier molecular flexibility index (Phi) is 8.42. The Morgan fingerprint density at radius 3 is 2.34 bits per heavy atom. The number of hydrogen-bond donors (Lipinski definition) is 2. The van der Waals surface area contributed by atoms with Gasteiger partial charge >= 0.3 is 0 Å². The highest BCUT2D eigenvalue weighted by molar-refractivity contribution is 7.98. The third kappa shape index (κ3) is 7.08. The third-order valence-corrected chi connectivity index (χ3v) is 4.55. The summed E-state index contributed by atoms with van der Waals surface area (Å²) in [6, 6.07) is 12.3. The molecule has 0 aliphatic rings. The van der Waals surface area contributed by atoms with Crippen molar-refractivity contribution in [3.63, 3.8) is 0 Å². The van der Waals surface area contributed by atoms with Crippen LogP contribution >= 0.6 is 11.8 Å². The van der Waals surface area contributed by atoms with Gasteiger partial charge in [-0.15, -0.1) is 0 Å². The van der Waals surface area contributed by atoms with Gasteiger partial charge in [0.1, 0.15) is 11.5 Å². The second-order valence-corrected chi connectivity index (χ2v) is 7.04. The monoisotopic (exact) mass is 415 g/mol. The second kappa shape index (κ2) is 11.0. The summed E-state index contributed by atoms with van der Waals surface area (Å²) in [5, 5.41) is 16.2. The van der Waals surface area contributed by atoms with Crippen LogP contribution in [0.5, 0.6) is 0 Å². The van der Waals surface area contributed by atoms with Crippen molar-refractivity contribution >= 4 is 35.6 Å². The number of halogens is 1. The van der Waals surface area contributed by atoms with E-state index in [1.165, 1.54) is 42.1 Å². The Balaban J connectivity index is 2.27. The van der Waals surface area contributed by atoms with Gasteiger partial charge < -0.3 is 20.5 Å². The number of carbonyl (C=O) groups excluding carboxylic acids is 3. The van der Waals surface area contributed by atoms with Crippen LogP contribution in [0.1, 0.15) is 22.3 Å². The van der Waals surface area contributed by atoms with E-state index >= 15 is 0 Å². The van der Waals surface area contributed by atoms with E-state index in [9.17, 15) is 23.9 Å². The van der Waals surface area contributed by atoms with Crippen LogP contribution < -0.4 is 15.7 Å². The molecule has 2 aromatic carbocycles. The van der Waals surface area contributed by atoms with Crippen molar-refractivity contribution in [2.45, 2.75) is 12.5 Å². The van der Waals surface area contributed by atoms with Crippen molar-refractivity contribution in [2.75, 3.05) is 12.0 Å². The summed E-state index contributed by atoms with van der Waals surface area (Å²) >= 11 is 1.43. The molecule has 152 valence electrons. The predicted molar refractivity (Wildman–Crippen MR) is 108 cm³/mol. The molecule has 29 heavy (non-hydrogen) atoms. The molecule has 0 saturated heterocycles. The number of hydrogen-bond acceptors (Lipinski definition) is 5. The molecule has 2 amide bonds. The second-order valence-electron chi connectivity index (χ2n) is 6.06. The molecule has 0 aromatic heterocycles. The van der Waals surface area contributed by atoms with Crippen LogP contribution in [0.15, 0.2) is 60.3 Å². The fourth-order valence-electron chi connectivity index (χ4n) is 2.39. The van der Waals surface area contributed by atoms with Gasteiger partial charge in [0.2, 0.25) is 0 Å². The molecule has 0 fully saturated rings. The van der Waals surface area contributed by atoms with Gasteiger partial charge in [0.15, 0.2) is 0 Å². The number of amides is 2. The number of aliphatic carboxylic acids is 1. The molecule has 0 unspecified atom stereocenters. The lowest BCUT2D eigenvalue weighted by Crippen LogP contribution is -2.50. The molecule has 2 rings (SSSR count). The number of carboxylic acids is 1. The summed E-state index contributed by atoms with van der Waals surface area (Å²) < 4.78 is 13.1. The van der Waals surface area contributed by atoms with Gasteiger partial charge in [-0.3, -0.25) is 9.59 Å². The lowest BCUT2D eigenvalue weighted by atomic mass is 10.1. The van der Waals surface area contributed by atoms with Gasteiger partial charge in [-0.1, -0.05) is 30.3 Å². The van der Waals surface area contributed by atoms with Crippen molar-refractivity contribution in [3.8, 4) is 0 Å². The fraction of sp³-hybridized carbons (Fsp3) is 0.190. The number of carboxylic acid groups (broad SMARTS) is 1. The summed E-state index contributed by atoms with van der Waals surface area (Å²) in [6.07, 6.45) is 3.33. The molecule has 0 aliphatic carbocycles. The summed E-state index contributed by atoms with van der Waals surface area (Å²) in [7, 11) is 0. The van der Waals surface area contributed by atoms with E-state index in [0.29, 0.717) is 16.9 Å². The summed E-state index contributed by atoms with van der Waals surface area (Å²) in [4.78, 5) is 36.5. The van der Waals surface area contributed by atoms with Crippen LogP contribution in [0, 0.1) is 5.82 Å². The minimum atomic E-state index is -1.41. The molecule has 1 atom stereocenters. The van der Waals surface area contributed by atoms with Gasteiger partial charge in [0.25, 0.3) is 11.8 Å². The lowest BCUT2D eigenvalue weighted by Gasteiger charge is -2.20. The van der Waals surface area contributed by atoms with Gasteiger partial charge in [0.05, 0.1) is 12.0 Å². The van der Waals surface area contributed by atoms with Gasteiger partial charge in [-0.05, 0) is 54.3 Å². The minimum absolute atomic E-state index is 0.166. The van der Waals surface area contributed by atoms with Crippen LogP contribution in [-0.4, -0.2) is 35.8 Å². The summed E-state index contributed by atoms with van der Waals surface area (Å²) in [5.41, 5.74) is 0.615. The van der Waals surface area contributed by atoms with Crippen LogP contribution in [0.3, 0.4) is 0 Å². The maximum absolute atomic E-state index is 13.1. The van der Waals surface area contributed by atoms with E-state index in [2.05, 4.69) is 10.6 Å². The van der Waals surface area contributed by atoms with E-state index < -0.39 is 29.6 Å². The van der Waals surface area contributed by atoms with E-state index in [4.69, 9.17) is 0 Å². The van der Waals surface area contributed by atoms with Crippen LogP contribution in [0.2, 0.25) is 0 Å². The van der Waals surface area contributed by atoms with Crippen molar-refractivity contribution in [3.05, 3.63) is 77.2 Å². The Morgan fingerprint density at radius 2 is 1.76 bits per heavy atom. The van der Waals surface area contributed by atoms with Crippen LogP contribution in [0.25, 0.3) is 6.08 Å². The van der Waals surface area contributed by atoms with Crippen molar-refractivity contribution < 1.29 is 23.9 Å². The molecule has 0 bridgehead atoms. The van der Waals surface area contributed by atoms with Gasteiger partial charge in [-0.25, -0.2) is 4.39 Å². The van der Waals surface area contributed by atoms with Crippen molar-refractivity contribution in [1.82, 2.24) is 10.6 Å². The van der Waals surface area contributed by atoms with Gasteiger partial charge in [0, 0.05) is 5.56 Å². The van der Waals surface area contributed by atoms with E-state index in [0.717, 1.165) is 0 Å². The smallest absolute Gasteiger partial charge is 0.268 e. The molecule has 2 N–H and O–H groups in total. The zero-order valence-corrected chi connectivity index (χ0v) is 16.5. The Hall–Kier alpha value is -3.13. The standard InChI is InChI=1S/C21H21FN2O4S/c1-29-12-11-17(21(27)28)23-20(26)18(13-14-7-9-16(22)10-8-14)24-19(25)15-5-3-2-4-6-15/h2-10,13,17H,11-12H2,1H3,(H,23,26)(H,24,25)(H,27,28)/p-1/b18-13-/t17-/m0/s1. The van der Waals surface area contributed by atoms with E-state index in [-0.39, 0.29) is 12.1 Å². The first kappa shape index (κ1) is 22.2. The fourth-order valence-corrected chi connectivity index (χ4v) is 2.86. The summed E-state index contributed by atoms with van der Waals surface area (Å²) in [5.74, 6) is -2.68. The van der Waals surface area contributed by atoms with Crippen LogP contribution in [0.4, 0.5) is 4.39 Å². The third-order valence-electron chi connectivity index (χ3n) is 3.91. The zero-order valence-electron chi connectivity index (χ0n) is 15.7. The average Bonchev–Trinajstić information content (AvgIpc) is 2.72. The zero-order chi connectivity index (χ0) is 21.2. The molecule has 0 radical (unpaired) electrons. The topological polar surface area (TPSA) is 98.3 Å². The molecule has 2 aromatic rings. The molecule has 0 saturated carbocycles. The number of rotatable bonds is 9. The number of carbonyl (C=O) groups is 3.